The standard InChI is InChI=1S/C11H14ClN3O2/c1-11(6-13-7-11)17-5-10(16)15-8-2-3-9(12)14-4-8/h2-4,13H,5-7H2,1H3,(H,15,16). The van der Waals surface area contributed by atoms with Gasteiger partial charge in [0.05, 0.1) is 17.5 Å². The highest BCUT2D eigenvalue weighted by Crippen LogP contribution is 2.15. The van der Waals surface area contributed by atoms with Crippen molar-refractivity contribution >= 4 is 23.2 Å². The minimum absolute atomic E-state index is 0.0425. The molecule has 0 radical (unpaired) electrons. The summed E-state index contributed by atoms with van der Waals surface area (Å²) in [6.07, 6.45) is 1.51. The predicted molar refractivity (Wildman–Crippen MR) is 65.1 cm³/mol. The molecule has 0 aliphatic carbocycles. The van der Waals surface area contributed by atoms with Crippen molar-refractivity contribution in [2.75, 3.05) is 25.0 Å². The fraction of sp³-hybridized carbons (Fsp3) is 0.455. The van der Waals surface area contributed by atoms with Gasteiger partial charge < -0.3 is 15.4 Å². The number of hydrogen-bond donors (Lipinski definition) is 2. The van der Waals surface area contributed by atoms with Crippen LogP contribution in [0.1, 0.15) is 6.92 Å². The Hall–Kier alpha value is -1.17. The molecule has 0 aromatic carbocycles. The first-order valence-electron chi connectivity index (χ1n) is 5.33. The van der Waals surface area contributed by atoms with Gasteiger partial charge in [-0.25, -0.2) is 4.98 Å². The number of rotatable bonds is 4. The molecule has 1 fully saturated rings. The quantitative estimate of drug-likeness (QED) is 0.790. The van der Waals surface area contributed by atoms with E-state index in [0.29, 0.717) is 10.8 Å². The normalized spacial score (nSPS) is 17.3. The van der Waals surface area contributed by atoms with E-state index in [0.717, 1.165) is 13.1 Å². The van der Waals surface area contributed by atoms with Crippen molar-refractivity contribution in [3.05, 3.63) is 23.5 Å². The van der Waals surface area contributed by atoms with Gasteiger partial charge >= 0.3 is 0 Å². The monoisotopic (exact) mass is 255 g/mol. The molecule has 1 aromatic rings. The van der Waals surface area contributed by atoms with Crippen LogP contribution in [-0.2, 0) is 9.53 Å². The van der Waals surface area contributed by atoms with Crippen LogP contribution in [0.5, 0.6) is 0 Å². The molecule has 17 heavy (non-hydrogen) atoms. The molecule has 0 unspecified atom stereocenters. The predicted octanol–water partition coefficient (Wildman–Crippen LogP) is 1.05. The number of carbonyl (C=O) groups is 1. The maximum atomic E-state index is 11.6. The lowest BCUT2D eigenvalue weighted by molar-refractivity contribution is -0.130. The second kappa shape index (κ2) is 5.00. The van der Waals surface area contributed by atoms with E-state index in [2.05, 4.69) is 15.6 Å². The number of ether oxygens (including phenoxy) is 1. The zero-order valence-corrected chi connectivity index (χ0v) is 10.3. The highest BCUT2D eigenvalue weighted by atomic mass is 35.5. The number of pyridine rings is 1. The Kier molecular flexibility index (Phi) is 3.61. The molecule has 5 nitrogen and oxygen atoms in total. The number of hydrogen-bond acceptors (Lipinski definition) is 4. The first-order valence-corrected chi connectivity index (χ1v) is 5.71. The lowest BCUT2D eigenvalue weighted by Gasteiger charge is -2.38. The van der Waals surface area contributed by atoms with E-state index < -0.39 is 0 Å². The Morgan fingerprint density at radius 1 is 1.65 bits per heavy atom. The van der Waals surface area contributed by atoms with Crippen LogP contribution >= 0.6 is 11.6 Å². The van der Waals surface area contributed by atoms with Crippen molar-refractivity contribution in [2.24, 2.45) is 0 Å². The maximum absolute atomic E-state index is 11.6. The first-order chi connectivity index (χ1) is 8.07. The number of amides is 1. The summed E-state index contributed by atoms with van der Waals surface area (Å²) in [5, 5.41) is 6.18. The first kappa shape index (κ1) is 12.3. The van der Waals surface area contributed by atoms with Gasteiger partial charge in [0.1, 0.15) is 11.8 Å². The molecule has 1 aliphatic rings. The summed E-state index contributed by atoms with van der Waals surface area (Å²) in [7, 11) is 0. The van der Waals surface area contributed by atoms with Gasteiger partial charge in [-0.2, -0.15) is 0 Å². The summed E-state index contributed by atoms with van der Waals surface area (Å²) in [5.74, 6) is -0.192. The molecule has 2 rings (SSSR count). The molecular weight excluding hydrogens is 242 g/mol. The Morgan fingerprint density at radius 2 is 2.41 bits per heavy atom. The van der Waals surface area contributed by atoms with Crippen LogP contribution in [0.2, 0.25) is 5.15 Å². The van der Waals surface area contributed by atoms with Crippen molar-refractivity contribution in [2.45, 2.75) is 12.5 Å². The van der Waals surface area contributed by atoms with Crippen LogP contribution in [0, 0.1) is 0 Å². The van der Waals surface area contributed by atoms with E-state index in [9.17, 15) is 4.79 Å². The molecule has 2 heterocycles. The van der Waals surface area contributed by atoms with Gasteiger partial charge in [-0.05, 0) is 19.1 Å². The van der Waals surface area contributed by atoms with Crippen LogP contribution in [-0.4, -0.2) is 36.2 Å². The Morgan fingerprint density at radius 3 is 2.94 bits per heavy atom. The second-order valence-corrected chi connectivity index (χ2v) is 4.65. The lowest BCUT2D eigenvalue weighted by Crippen LogP contribution is -2.59. The molecule has 2 N–H and O–H groups in total. The van der Waals surface area contributed by atoms with Crippen LogP contribution < -0.4 is 10.6 Å². The highest BCUT2D eigenvalue weighted by molar-refractivity contribution is 6.29. The summed E-state index contributed by atoms with van der Waals surface area (Å²) >= 11 is 5.64. The smallest absolute Gasteiger partial charge is 0.250 e. The van der Waals surface area contributed by atoms with Gasteiger partial charge in [-0.15, -0.1) is 0 Å². The molecule has 0 bridgehead atoms. The number of nitrogens with zero attached hydrogens (tertiary/aromatic N) is 1. The molecule has 92 valence electrons. The van der Waals surface area contributed by atoms with Gasteiger partial charge in [0.2, 0.25) is 5.91 Å². The molecule has 0 atom stereocenters. The van der Waals surface area contributed by atoms with Crippen molar-refractivity contribution in [1.29, 1.82) is 0 Å². The van der Waals surface area contributed by atoms with E-state index in [1.807, 2.05) is 6.92 Å². The number of nitrogens with one attached hydrogen (secondary N) is 2. The van der Waals surface area contributed by atoms with Gasteiger partial charge in [0.15, 0.2) is 0 Å². The third-order valence-corrected chi connectivity index (χ3v) is 2.78. The van der Waals surface area contributed by atoms with Crippen LogP contribution in [0.4, 0.5) is 5.69 Å². The minimum atomic E-state index is -0.213. The van der Waals surface area contributed by atoms with Gasteiger partial charge in [-0.3, -0.25) is 4.79 Å². The lowest BCUT2D eigenvalue weighted by atomic mass is 10.0. The molecule has 1 aromatic heterocycles. The van der Waals surface area contributed by atoms with Crippen molar-refractivity contribution in [1.82, 2.24) is 10.3 Å². The summed E-state index contributed by atoms with van der Waals surface area (Å²) in [6, 6.07) is 3.31. The van der Waals surface area contributed by atoms with Crippen molar-refractivity contribution in [3.63, 3.8) is 0 Å². The van der Waals surface area contributed by atoms with Crippen molar-refractivity contribution in [3.8, 4) is 0 Å². The number of anilines is 1. The topological polar surface area (TPSA) is 63.2 Å². The largest absolute Gasteiger partial charge is 0.363 e. The SMILES string of the molecule is CC1(OCC(=O)Nc2ccc(Cl)nc2)CNC1. The third kappa shape index (κ3) is 3.39. The van der Waals surface area contributed by atoms with Crippen molar-refractivity contribution < 1.29 is 9.53 Å². The number of halogens is 1. The van der Waals surface area contributed by atoms with Gasteiger partial charge in [0.25, 0.3) is 0 Å². The van der Waals surface area contributed by atoms with E-state index in [1.54, 1.807) is 12.1 Å². The van der Waals surface area contributed by atoms with Crippen LogP contribution in [0.15, 0.2) is 18.3 Å². The summed E-state index contributed by atoms with van der Waals surface area (Å²) < 4.78 is 5.50. The zero-order valence-electron chi connectivity index (χ0n) is 9.50. The van der Waals surface area contributed by atoms with Crippen LogP contribution in [0.3, 0.4) is 0 Å². The van der Waals surface area contributed by atoms with Crippen LogP contribution in [0.25, 0.3) is 0 Å². The second-order valence-electron chi connectivity index (χ2n) is 4.26. The average molecular weight is 256 g/mol. The fourth-order valence-electron chi connectivity index (χ4n) is 1.47. The van der Waals surface area contributed by atoms with E-state index in [4.69, 9.17) is 16.3 Å². The molecule has 1 amide bonds. The Bertz CT molecular complexity index is 404. The summed E-state index contributed by atoms with van der Waals surface area (Å²) in [4.78, 5) is 15.4. The third-order valence-electron chi connectivity index (χ3n) is 2.56. The maximum Gasteiger partial charge on any atom is 0.250 e. The Balaban J connectivity index is 1.79. The van der Waals surface area contributed by atoms with Gasteiger partial charge in [0, 0.05) is 13.1 Å². The molecular formula is C11H14ClN3O2. The van der Waals surface area contributed by atoms with E-state index in [-0.39, 0.29) is 18.1 Å². The molecule has 0 spiro atoms. The molecule has 1 aliphatic heterocycles. The van der Waals surface area contributed by atoms with E-state index in [1.165, 1.54) is 6.20 Å². The van der Waals surface area contributed by atoms with Gasteiger partial charge in [-0.1, -0.05) is 11.6 Å². The average Bonchev–Trinajstić information content (AvgIpc) is 2.27. The highest BCUT2D eigenvalue weighted by Gasteiger charge is 2.32. The number of aromatic nitrogens is 1. The number of carbonyl (C=O) groups excluding carboxylic acids is 1. The molecule has 6 heteroatoms. The fourth-order valence-corrected chi connectivity index (χ4v) is 1.58. The molecule has 1 saturated heterocycles. The zero-order chi connectivity index (χ0) is 12.3. The van der Waals surface area contributed by atoms with E-state index >= 15 is 0 Å². The summed E-state index contributed by atoms with van der Waals surface area (Å²) in [6.45, 7) is 3.58. The summed E-state index contributed by atoms with van der Waals surface area (Å²) in [5.41, 5.74) is 0.398. The molecule has 0 saturated carbocycles. The minimum Gasteiger partial charge on any atom is -0.363 e. The Labute approximate surface area is 105 Å².